The van der Waals surface area contributed by atoms with Crippen molar-refractivity contribution >= 4 is 21.9 Å². The van der Waals surface area contributed by atoms with Gasteiger partial charge in [0.15, 0.2) is 17.5 Å². The summed E-state index contributed by atoms with van der Waals surface area (Å²) in [5.41, 5.74) is 1.05. The topological polar surface area (TPSA) is 75.1 Å². The van der Waals surface area contributed by atoms with E-state index in [9.17, 15) is 5.11 Å². The first-order valence-corrected chi connectivity index (χ1v) is 9.68. The van der Waals surface area contributed by atoms with Gasteiger partial charge in [0.2, 0.25) is 6.79 Å². The third-order valence-corrected chi connectivity index (χ3v) is 4.63. The van der Waals surface area contributed by atoms with Crippen molar-refractivity contribution in [3.63, 3.8) is 0 Å². The molecule has 1 unspecified atom stereocenters. The van der Waals surface area contributed by atoms with Gasteiger partial charge in [-0.05, 0) is 59.3 Å². The maximum atomic E-state index is 9.19. The van der Waals surface area contributed by atoms with E-state index in [2.05, 4.69) is 38.5 Å². The number of nitrogens with one attached hydrogen (secondary N) is 2. The quantitative estimate of drug-likeness (QED) is 0.428. The first kappa shape index (κ1) is 19.8. The van der Waals surface area contributed by atoms with Crippen molar-refractivity contribution in [1.82, 2.24) is 10.6 Å². The number of aliphatic imine (C=N–C) groups is 1. The van der Waals surface area contributed by atoms with Crippen LogP contribution in [0.4, 0.5) is 0 Å². The smallest absolute Gasteiger partial charge is 0.231 e. The molecule has 0 saturated carbocycles. The van der Waals surface area contributed by atoms with Crippen LogP contribution >= 0.6 is 15.9 Å². The van der Waals surface area contributed by atoms with Gasteiger partial charge in [0.05, 0.1) is 11.0 Å². The normalized spacial score (nSPS) is 14.5. The van der Waals surface area contributed by atoms with E-state index in [1.165, 1.54) is 0 Å². The standard InChI is InChI=1S/C18H28BrN3O3/c1-3-5-13(6-7-23)10-21-18(20-4-2)22-11-14-8-15(19)17-16(9-14)24-12-25-17/h8-9,13,23H,3-7,10-12H2,1-2H3,(H2,20,21,22). The molecule has 3 N–H and O–H groups in total. The average molecular weight is 414 g/mol. The van der Waals surface area contributed by atoms with Crippen LogP contribution in [0.2, 0.25) is 0 Å². The third-order valence-electron chi connectivity index (χ3n) is 4.04. The number of halogens is 1. The lowest BCUT2D eigenvalue weighted by molar-refractivity contribution is 0.173. The summed E-state index contributed by atoms with van der Waals surface area (Å²) in [6, 6.07) is 3.97. The van der Waals surface area contributed by atoms with Gasteiger partial charge in [0.1, 0.15) is 0 Å². The van der Waals surface area contributed by atoms with Gasteiger partial charge in [0.25, 0.3) is 0 Å². The number of hydrogen-bond donors (Lipinski definition) is 3. The van der Waals surface area contributed by atoms with Gasteiger partial charge < -0.3 is 25.2 Å². The minimum Gasteiger partial charge on any atom is -0.454 e. The van der Waals surface area contributed by atoms with E-state index in [0.29, 0.717) is 12.5 Å². The van der Waals surface area contributed by atoms with Crippen LogP contribution in [0.5, 0.6) is 11.5 Å². The Hall–Kier alpha value is -1.47. The fraction of sp³-hybridized carbons (Fsp3) is 0.611. The second kappa shape index (κ2) is 10.5. The molecule has 0 aliphatic carbocycles. The van der Waals surface area contributed by atoms with Crippen LogP contribution in [-0.4, -0.2) is 37.6 Å². The molecule has 1 heterocycles. The molecule has 0 saturated heterocycles. The summed E-state index contributed by atoms with van der Waals surface area (Å²) in [7, 11) is 0. The van der Waals surface area contributed by atoms with Crippen LogP contribution in [0.25, 0.3) is 0 Å². The Labute approximate surface area is 158 Å². The van der Waals surface area contributed by atoms with Gasteiger partial charge in [0, 0.05) is 19.7 Å². The predicted molar refractivity (Wildman–Crippen MR) is 103 cm³/mol. The van der Waals surface area contributed by atoms with Crippen molar-refractivity contribution in [1.29, 1.82) is 0 Å². The lowest BCUT2D eigenvalue weighted by Crippen LogP contribution is -2.40. The largest absolute Gasteiger partial charge is 0.454 e. The Morgan fingerprint density at radius 2 is 2.12 bits per heavy atom. The monoisotopic (exact) mass is 413 g/mol. The third kappa shape index (κ3) is 6.08. The molecule has 1 aromatic carbocycles. The molecule has 1 aromatic rings. The van der Waals surface area contributed by atoms with E-state index in [0.717, 1.165) is 59.8 Å². The zero-order valence-electron chi connectivity index (χ0n) is 15.0. The molecular formula is C18H28BrN3O3. The summed E-state index contributed by atoms with van der Waals surface area (Å²) in [5.74, 6) is 2.75. The molecular weight excluding hydrogens is 386 g/mol. The number of benzene rings is 1. The van der Waals surface area contributed by atoms with Crippen molar-refractivity contribution in [3.8, 4) is 11.5 Å². The van der Waals surface area contributed by atoms with Crippen molar-refractivity contribution in [2.24, 2.45) is 10.9 Å². The number of ether oxygens (including phenoxy) is 2. The second-order valence-corrected chi connectivity index (χ2v) is 6.91. The van der Waals surface area contributed by atoms with Gasteiger partial charge in [-0.2, -0.15) is 0 Å². The summed E-state index contributed by atoms with van der Waals surface area (Å²) in [5, 5.41) is 15.8. The fourth-order valence-electron chi connectivity index (χ4n) is 2.80. The van der Waals surface area contributed by atoms with Crippen LogP contribution in [0, 0.1) is 5.92 Å². The van der Waals surface area contributed by atoms with E-state index < -0.39 is 0 Å². The molecule has 1 atom stereocenters. The molecule has 25 heavy (non-hydrogen) atoms. The van der Waals surface area contributed by atoms with E-state index in [4.69, 9.17) is 9.47 Å². The van der Waals surface area contributed by atoms with E-state index in [1.807, 2.05) is 19.1 Å². The fourth-order valence-corrected chi connectivity index (χ4v) is 3.41. The van der Waals surface area contributed by atoms with Gasteiger partial charge >= 0.3 is 0 Å². The molecule has 0 bridgehead atoms. The molecule has 0 radical (unpaired) electrons. The number of aliphatic hydroxyl groups is 1. The Kier molecular flexibility index (Phi) is 8.34. The second-order valence-electron chi connectivity index (χ2n) is 6.05. The maximum absolute atomic E-state index is 9.19. The van der Waals surface area contributed by atoms with Crippen molar-refractivity contribution in [2.45, 2.75) is 39.7 Å². The Morgan fingerprint density at radius 1 is 1.28 bits per heavy atom. The van der Waals surface area contributed by atoms with Gasteiger partial charge in [-0.25, -0.2) is 4.99 Å². The van der Waals surface area contributed by atoms with Crippen molar-refractivity contribution in [3.05, 3.63) is 22.2 Å². The Bertz CT molecular complexity index is 575. The molecule has 6 nitrogen and oxygen atoms in total. The molecule has 2 rings (SSSR count). The molecule has 0 aromatic heterocycles. The SMILES string of the molecule is CCCC(CCO)CNC(=NCc1cc(Br)c2c(c1)OCO2)NCC. The first-order valence-electron chi connectivity index (χ1n) is 8.88. The van der Waals surface area contributed by atoms with Gasteiger partial charge in [-0.15, -0.1) is 0 Å². The molecule has 140 valence electrons. The van der Waals surface area contributed by atoms with Crippen LogP contribution in [-0.2, 0) is 6.54 Å². The highest BCUT2D eigenvalue weighted by Gasteiger charge is 2.17. The van der Waals surface area contributed by atoms with Crippen molar-refractivity contribution in [2.75, 3.05) is 26.5 Å². The van der Waals surface area contributed by atoms with Crippen LogP contribution < -0.4 is 20.1 Å². The zero-order chi connectivity index (χ0) is 18.1. The van der Waals surface area contributed by atoms with Crippen LogP contribution in [0.3, 0.4) is 0 Å². The lowest BCUT2D eigenvalue weighted by Gasteiger charge is -2.18. The summed E-state index contributed by atoms with van der Waals surface area (Å²) in [6.45, 7) is 6.86. The maximum Gasteiger partial charge on any atom is 0.231 e. The molecule has 0 fully saturated rings. The molecule has 0 spiro atoms. The van der Waals surface area contributed by atoms with Crippen molar-refractivity contribution < 1.29 is 14.6 Å². The minimum absolute atomic E-state index is 0.227. The number of rotatable bonds is 9. The number of aliphatic hydroxyl groups excluding tert-OH is 1. The Morgan fingerprint density at radius 3 is 2.84 bits per heavy atom. The number of nitrogens with zero attached hydrogens (tertiary/aromatic N) is 1. The highest BCUT2D eigenvalue weighted by atomic mass is 79.9. The highest BCUT2D eigenvalue weighted by molar-refractivity contribution is 9.10. The predicted octanol–water partition coefficient (Wildman–Crippen LogP) is 3.03. The molecule has 0 amide bonds. The summed E-state index contributed by atoms with van der Waals surface area (Å²) in [6.07, 6.45) is 3.03. The highest BCUT2D eigenvalue weighted by Crippen LogP contribution is 2.40. The average Bonchev–Trinajstić information content (AvgIpc) is 3.07. The van der Waals surface area contributed by atoms with E-state index in [1.54, 1.807) is 0 Å². The summed E-state index contributed by atoms with van der Waals surface area (Å²) < 4.78 is 11.7. The summed E-state index contributed by atoms with van der Waals surface area (Å²) >= 11 is 3.51. The number of fused-ring (bicyclic) bond motifs is 1. The van der Waals surface area contributed by atoms with Crippen LogP contribution in [0.1, 0.15) is 38.7 Å². The lowest BCUT2D eigenvalue weighted by atomic mass is 10.0. The van der Waals surface area contributed by atoms with Crippen LogP contribution in [0.15, 0.2) is 21.6 Å². The Balaban J connectivity index is 1.98. The van der Waals surface area contributed by atoms with E-state index in [-0.39, 0.29) is 13.4 Å². The van der Waals surface area contributed by atoms with E-state index >= 15 is 0 Å². The molecule has 1 aliphatic rings. The molecule has 1 aliphatic heterocycles. The molecule has 7 heteroatoms. The minimum atomic E-state index is 0.227. The number of hydrogen-bond acceptors (Lipinski definition) is 4. The van der Waals surface area contributed by atoms with Gasteiger partial charge in [-0.3, -0.25) is 0 Å². The zero-order valence-corrected chi connectivity index (χ0v) is 16.6. The van der Waals surface area contributed by atoms with Gasteiger partial charge in [-0.1, -0.05) is 13.3 Å². The summed E-state index contributed by atoms with van der Waals surface area (Å²) in [4.78, 5) is 4.66. The number of guanidine groups is 1. The first-order chi connectivity index (χ1) is 12.2.